The van der Waals surface area contributed by atoms with Gasteiger partial charge in [0.1, 0.15) is 37.9 Å². The van der Waals surface area contributed by atoms with Crippen molar-refractivity contribution in [2.45, 2.75) is 156 Å². The molecule has 7 aromatic rings. The Morgan fingerprint density at radius 2 is 0.527 bits per heavy atom. The Morgan fingerprint density at radius 1 is 0.323 bits per heavy atom. The number of carbonyl (C=O) groups excluding carboxylic acids is 6. The molecule has 0 spiro atoms. The van der Waals surface area contributed by atoms with Crippen molar-refractivity contribution >= 4 is 36.0 Å². The number of carbonyl (C=O) groups is 6. The maximum Gasteiger partial charge on any atom is 0.407 e. The highest BCUT2D eigenvalue weighted by atomic mass is 16.6. The van der Waals surface area contributed by atoms with Crippen LogP contribution in [0.3, 0.4) is 0 Å². The maximum absolute atomic E-state index is 14.7. The van der Waals surface area contributed by atoms with Gasteiger partial charge >= 0.3 is 18.3 Å². The van der Waals surface area contributed by atoms with Crippen molar-refractivity contribution in [2.75, 3.05) is 19.8 Å². The lowest BCUT2D eigenvalue weighted by Gasteiger charge is -2.28. The molecule has 0 aliphatic heterocycles. The van der Waals surface area contributed by atoms with Crippen molar-refractivity contribution in [3.8, 4) is 33.4 Å². The summed E-state index contributed by atoms with van der Waals surface area (Å²) in [7, 11) is 0. The van der Waals surface area contributed by atoms with E-state index >= 15 is 0 Å². The Morgan fingerprint density at radius 3 is 0.720 bits per heavy atom. The van der Waals surface area contributed by atoms with E-state index in [1.165, 1.54) is 0 Å². The molecule has 7 aromatic carbocycles. The molecule has 0 radical (unpaired) electrons. The molecule has 0 heterocycles. The van der Waals surface area contributed by atoms with Crippen LogP contribution in [0.1, 0.15) is 166 Å². The van der Waals surface area contributed by atoms with Gasteiger partial charge in [-0.15, -0.1) is 0 Å². The second-order valence-corrected chi connectivity index (χ2v) is 26.0. The minimum absolute atomic E-state index is 0.0256. The third-order valence-electron chi connectivity index (χ3n) is 18.5. The molecule has 93 heavy (non-hydrogen) atoms. The molecule has 15 nitrogen and oxygen atoms in total. The highest BCUT2D eigenvalue weighted by molar-refractivity contribution is 5.88. The lowest BCUT2D eigenvalue weighted by molar-refractivity contribution is -0.124. The zero-order valence-electron chi connectivity index (χ0n) is 55.2. The van der Waals surface area contributed by atoms with E-state index in [1.807, 2.05) is 135 Å². The number of alkyl carbamates (subject to hydrolysis) is 3. The second kappa shape index (κ2) is 30.5. The van der Waals surface area contributed by atoms with E-state index in [4.69, 9.17) is 14.2 Å². The van der Waals surface area contributed by atoms with Gasteiger partial charge in [-0.3, -0.25) is 14.4 Å². The zero-order chi connectivity index (χ0) is 65.9. The summed E-state index contributed by atoms with van der Waals surface area (Å²) in [5.74, 6) is -1.59. The van der Waals surface area contributed by atoms with Gasteiger partial charge in [-0.2, -0.15) is 0 Å². The lowest BCUT2D eigenvalue weighted by Crippen LogP contribution is -2.48. The molecule has 0 saturated heterocycles. The van der Waals surface area contributed by atoms with Gasteiger partial charge in [0.2, 0.25) is 17.7 Å². The normalized spacial score (nSPS) is 13.8. The molecule has 0 aromatic heterocycles. The van der Waals surface area contributed by atoms with Gasteiger partial charge in [0.15, 0.2) is 0 Å². The second-order valence-electron chi connectivity index (χ2n) is 26.0. The van der Waals surface area contributed by atoms with Gasteiger partial charge in [0.25, 0.3) is 0 Å². The number of hydrogen-bond donors (Lipinski definition) is 6. The molecule has 10 rings (SSSR count). The topological polar surface area (TPSA) is 202 Å². The van der Waals surface area contributed by atoms with E-state index in [0.717, 1.165) is 100 Å². The van der Waals surface area contributed by atoms with Gasteiger partial charge in [-0.1, -0.05) is 208 Å². The molecule has 6 amide bonds. The van der Waals surface area contributed by atoms with Gasteiger partial charge in [-0.25, -0.2) is 14.4 Å². The quantitative estimate of drug-likeness (QED) is 0.0271. The van der Waals surface area contributed by atoms with Crippen molar-refractivity contribution in [1.82, 2.24) is 31.9 Å². The predicted molar refractivity (Wildman–Crippen MR) is 364 cm³/mol. The van der Waals surface area contributed by atoms with Crippen LogP contribution in [-0.4, -0.2) is 73.9 Å². The lowest BCUT2D eigenvalue weighted by atomic mass is 9.83. The van der Waals surface area contributed by atoms with Crippen LogP contribution in [0.15, 0.2) is 146 Å². The smallest absolute Gasteiger partial charge is 0.407 e. The summed E-state index contributed by atoms with van der Waals surface area (Å²) in [6.45, 7) is 18.5. The van der Waals surface area contributed by atoms with Crippen molar-refractivity contribution in [3.63, 3.8) is 0 Å². The van der Waals surface area contributed by atoms with Gasteiger partial charge in [0, 0.05) is 37.4 Å². The third kappa shape index (κ3) is 15.1. The molecule has 0 unspecified atom stereocenters. The summed E-state index contributed by atoms with van der Waals surface area (Å²) in [6, 6.07) is 46.0. The summed E-state index contributed by atoms with van der Waals surface area (Å²) in [4.78, 5) is 85.5. The molecule has 3 aliphatic rings. The molecule has 3 aliphatic carbocycles. The zero-order valence-corrected chi connectivity index (χ0v) is 55.2. The first-order chi connectivity index (χ1) is 45.0. The molecular formula is C78H90N6O9. The van der Waals surface area contributed by atoms with Crippen LogP contribution in [0, 0.1) is 17.8 Å². The number of fused-ring (bicyclic) bond motifs is 9. The molecule has 0 saturated carbocycles. The highest BCUT2D eigenvalue weighted by Crippen LogP contribution is 2.47. The maximum atomic E-state index is 14.7. The standard InChI is InChI=1S/C78H90N6O9/c1-10-49-64(40-79-73(85)70(37-46(4)5)82-76(88)91-43-67-58-31-19-13-25-52(58)53-26-14-20-32-59(53)67)50(11-2)66(42-81-75(87)72(39-48(8)9)84-78(90)93-45-69-62-35-23-17-29-56(62)57-30-18-24-36-63(57)69)51(12-3)65(49)41-80-74(86)71(38-47(6)7)83-77(89)92-44-68-60-33-21-15-27-54(60)55-28-16-22-34-61(55)68/h13-36,46-48,67-72H,10-12,37-45H2,1-9H3,(H,79,85)(H,80,86)(H,81,87)(H,82,88)(H,83,89)(H,84,90)/t70-,71-,72-/m1/s1. The number of hydrogen-bond acceptors (Lipinski definition) is 9. The number of rotatable bonds is 27. The van der Waals surface area contributed by atoms with Crippen molar-refractivity contribution < 1.29 is 43.0 Å². The molecular weight excluding hydrogens is 1160 g/mol. The molecule has 486 valence electrons. The monoisotopic (exact) mass is 1250 g/mol. The average Bonchev–Trinajstić information content (AvgIpc) is 1.78. The van der Waals surface area contributed by atoms with Crippen LogP contribution in [0.4, 0.5) is 14.4 Å². The molecule has 0 bridgehead atoms. The SMILES string of the molecule is CCc1c(CNC(=O)[C@@H](CC(C)C)NC(=O)OCC2c3ccccc3-c3ccccc32)c(CC)c(CNC(=O)[C@@H](CC(C)C)NC(=O)OCC2c3ccccc3-c3ccccc32)c(CC)c1CNC(=O)[C@@H](CC(C)C)NC(=O)OCC1c2ccccc2-c2ccccc21. The Kier molecular flexibility index (Phi) is 21.8. The van der Waals surface area contributed by atoms with E-state index < -0.39 is 54.1 Å². The first-order valence-corrected chi connectivity index (χ1v) is 33.3. The van der Waals surface area contributed by atoms with Crippen LogP contribution in [0.25, 0.3) is 33.4 Å². The average molecular weight is 1260 g/mol. The van der Waals surface area contributed by atoms with Crippen LogP contribution in [-0.2, 0) is 67.5 Å². The molecule has 0 fully saturated rings. The molecule has 15 heteroatoms. The van der Waals surface area contributed by atoms with Crippen molar-refractivity contribution in [2.24, 2.45) is 17.8 Å². The van der Waals surface area contributed by atoms with Gasteiger partial charge < -0.3 is 46.1 Å². The van der Waals surface area contributed by atoms with Crippen LogP contribution < -0.4 is 31.9 Å². The summed E-state index contributed by atoms with van der Waals surface area (Å²) in [5.41, 5.74) is 18.4. The van der Waals surface area contributed by atoms with E-state index in [1.54, 1.807) is 0 Å². The molecule has 6 N–H and O–H groups in total. The fourth-order valence-electron chi connectivity index (χ4n) is 14.4. The fraction of sp³-hybridized carbons (Fsp3) is 0.385. The van der Waals surface area contributed by atoms with Crippen LogP contribution in [0.5, 0.6) is 0 Å². The van der Waals surface area contributed by atoms with Gasteiger partial charge in [0.05, 0.1) is 0 Å². The van der Waals surface area contributed by atoms with Crippen molar-refractivity contribution in [1.29, 1.82) is 0 Å². The number of benzene rings is 7. The van der Waals surface area contributed by atoms with Crippen LogP contribution >= 0.6 is 0 Å². The Bertz CT molecular complexity index is 3320. The Balaban J connectivity index is 0.887. The Hall–Kier alpha value is -9.24. The van der Waals surface area contributed by atoms with E-state index in [0.29, 0.717) is 38.5 Å². The van der Waals surface area contributed by atoms with E-state index in [9.17, 15) is 28.8 Å². The fourth-order valence-corrected chi connectivity index (χ4v) is 14.4. The number of ether oxygens (including phenoxy) is 3. The third-order valence-corrected chi connectivity index (χ3v) is 18.5. The largest absolute Gasteiger partial charge is 0.449 e. The predicted octanol–water partition coefficient (Wildman–Crippen LogP) is 14.1. The summed E-state index contributed by atoms with van der Waals surface area (Å²) < 4.78 is 17.9. The Labute approximate surface area is 548 Å². The minimum Gasteiger partial charge on any atom is -0.449 e. The highest BCUT2D eigenvalue weighted by Gasteiger charge is 2.35. The number of amides is 6. The van der Waals surface area contributed by atoms with Crippen molar-refractivity contribution in [3.05, 3.63) is 212 Å². The first kappa shape index (κ1) is 66.7. The summed E-state index contributed by atoms with van der Waals surface area (Å²) >= 11 is 0. The number of nitrogens with one attached hydrogen (secondary N) is 6. The van der Waals surface area contributed by atoms with Crippen LogP contribution in [0.2, 0.25) is 0 Å². The van der Waals surface area contributed by atoms with E-state index in [-0.39, 0.29) is 75.0 Å². The summed E-state index contributed by atoms with van der Waals surface area (Å²) in [6.07, 6.45) is 0.475. The van der Waals surface area contributed by atoms with Gasteiger partial charge in [-0.05, 0) is 156 Å². The summed E-state index contributed by atoms with van der Waals surface area (Å²) in [5, 5.41) is 18.3. The van der Waals surface area contributed by atoms with E-state index in [2.05, 4.69) is 105 Å². The first-order valence-electron chi connectivity index (χ1n) is 33.3. The molecule has 3 atom stereocenters. The minimum atomic E-state index is -0.938.